The van der Waals surface area contributed by atoms with E-state index in [1.807, 2.05) is 6.08 Å². The van der Waals surface area contributed by atoms with Crippen molar-refractivity contribution in [2.24, 2.45) is 0 Å². The molecular weight excluding hydrogens is 925 g/mol. The molecule has 0 aromatic carbocycles. The summed E-state index contributed by atoms with van der Waals surface area (Å²) in [6.07, 6.45) is 81.6. The molecule has 0 saturated heterocycles. The molecule has 0 aliphatic heterocycles. The summed E-state index contributed by atoms with van der Waals surface area (Å²) in [5.74, 6) is -0.985. The number of rotatable bonds is 60. The number of ether oxygens (including phenoxy) is 3. The van der Waals surface area contributed by atoms with Gasteiger partial charge in [0.15, 0.2) is 6.10 Å². The van der Waals surface area contributed by atoms with Crippen LogP contribution in [0.1, 0.15) is 342 Å². The van der Waals surface area contributed by atoms with Crippen LogP contribution in [0.3, 0.4) is 0 Å². The van der Waals surface area contributed by atoms with Gasteiger partial charge in [0.25, 0.3) is 0 Å². The maximum atomic E-state index is 12.8. The molecule has 75 heavy (non-hydrogen) atoms. The Kier molecular flexibility index (Phi) is 61.2. The highest BCUT2D eigenvalue weighted by Crippen LogP contribution is 2.18. The van der Waals surface area contributed by atoms with Crippen LogP contribution < -0.4 is 0 Å². The van der Waals surface area contributed by atoms with Crippen LogP contribution >= 0.6 is 0 Å². The Labute approximate surface area is 466 Å². The summed E-state index contributed by atoms with van der Waals surface area (Å²) in [6.45, 7) is 6.43. The van der Waals surface area contributed by atoms with Crippen LogP contribution in [-0.4, -0.2) is 37.2 Å². The van der Waals surface area contributed by atoms with Crippen LogP contribution in [0.15, 0.2) is 60.8 Å². The normalized spacial score (nSPS) is 12.4. The number of allylic oxidation sites excluding steroid dienone is 10. The molecule has 0 heterocycles. The summed E-state index contributed by atoms with van der Waals surface area (Å²) in [5, 5.41) is 0. The average Bonchev–Trinajstić information content (AvgIpc) is 3.41. The lowest BCUT2D eigenvalue weighted by Crippen LogP contribution is -2.30. The quantitative estimate of drug-likeness (QED) is 0.0261. The molecule has 0 aliphatic rings. The molecule has 0 rings (SSSR count). The molecule has 1 unspecified atom stereocenters. The molecule has 0 amide bonds. The van der Waals surface area contributed by atoms with Crippen LogP contribution in [-0.2, 0) is 28.6 Å². The highest BCUT2D eigenvalue weighted by molar-refractivity contribution is 5.71. The molecule has 6 heteroatoms. The smallest absolute Gasteiger partial charge is 0.306 e. The summed E-state index contributed by atoms with van der Waals surface area (Å²) in [7, 11) is 0. The van der Waals surface area contributed by atoms with E-state index in [-0.39, 0.29) is 37.5 Å². The van der Waals surface area contributed by atoms with Gasteiger partial charge in [0, 0.05) is 19.3 Å². The summed E-state index contributed by atoms with van der Waals surface area (Å²) in [5.41, 5.74) is 0. The van der Waals surface area contributed by atoms with Crippen molar-refractivity contribution in [3.05, 3.63) is 60.8 Å². The SMILES string of the molecule is CC/C=C\C/C=C\C/C=C\C/C=C\CCC(=O)OC(COC(=O)CCCCCCC/C=C\CCC)COC(=O)CCCCCCCCCCCCCCCCCCCCCCCCCCCCCCCCCCCC. The van der Waals surface area contributed by atoms with Crippen LogP contribution in [0.2, 0.25) is 0 Å². The van der Waals surface area contributed by atoms with Gasteiger partial charge in [-0.05, 0) is 64.2 Å². The maximum Gasteiger partial charge on any atom is 0.306 e. The van der Waals surface area contributed by atoms with E-state index in [0.717, 1.165) is 83.5 Å². The van der Waals surface area contributed by atoms with Gasteiger partial charge in [0.05, 0.1) is 0 Å². The Hall–Kier alpha value is -2.89. The molecule has 0 bridgehead atoms. The zero-order valence-corrected chi connectivity index (χ0v) is 50.1. The van der Waals surface area contributed by atoms with E-state index >= 15 is 0 Å². The van der Waals surface area contributed by atoms with Crippen LogP contribution in [0.4, 0.5) is 0 Å². The number of hydrogen-bond acceptors (Lipinski definition) is 6. The number of unbranched alkanes of at least 4 members (excludes halogenated alkanes) is 39. The van der Waals surface area contributed by atoms with Crippen molar-refractivity contribution in [1.82, 2.24) is 0 Å². The summed E-state index contributed by atoms with van der Waals surface area (Å²) in [4.78, 5) is 38.0. The summed E-state index contributed by atoms with van der Waals surface area (Å²) < 4.78 is 16.8. The zero-order chi connectivity index (χ0) is 54.3. The lowest BCUT2D eigenvalue weighted by atomic mass is 10.0. The largest absolute Gasteiger partial charge is 0.462 e. The summed E-state index contributed by atoms with van der Waals surface area (Å²) >= 11 is 0. The molecule has 0 saturated carbocycles. The van der Waals surface area contributed by atoms with Crippen molar-refractivity contribution in [3.8, 4) is 0 Å². The van der Waals surface area contributed by atoms with Gasteiger partial charge >= 0.3 is 17.9 Å². The summed E-state index contributed by atoms with van der Waals surface area (Å²) in [6, 6.07) is 0. The fourth-order valence-corrected chi connectivity index (χ4v) is 9.64. The van der Waals surface area contributed by atoms with Gasteiger partial charge in [0.1, 0.15) is 13.2 Å². The Morgan fingerprint density at radius 3 is 0.920 bits per heavy atom. The number of hydrogen-bond donors (Lipinski definition) is 0. The van der Waals surface area contributed by atoms with E-state index in [1.54, 1.807) is 0 Å². The minimum absolute atomic E-state index is 0.103. The van der Waals surface area contributed by atoms with Gasteiger partial charge < -0.3 is 14.2 Å². The van der Waals surface area contributed by atoms with Crippen molar-refractivity contribution in [2.75, 3.05) is 13.2 Å². The third-order valence-electron chi connectivity index (χ3n) is 14.5. The Morgan fingerprint density at radius 1 is 0.280 bits per heavy atom. The van der Waals surface area contributed by atoms with E-state index in [2.05, 4.69) is 75.5 Å². The van der Waals surface area contributed by atoms with Crippen molar-refractivity contribution in [1.29, 1.82) is 0 Å². The minimum Gasteiger partial charge on any atom is -0.462 e. The van der Waals surface area contributed by atoms with Gasteiger partial charge in [0.2, 0.25) is 0 Å². The van der Waals surface area contributed by atoms with Crippen molar-refractivity contribution < 1.29 is 28.6 Å². The van der Waals surface area contributed by atoms with Gasteiger partial charge in [-0.2, -0.15) is 0 Å². The monoisotopic (exact) mass is 1050 g/mol. The molecule has 0 aromatic heterocycles. The van der Waals surface area contributed by atoms with Crippen LogP contribution in [0.5, 0.6) is 0 Å². The standard InChI is InChI=1S/C69H124O6/c1-4-7-10-13-16-19-22-24-25-26-27-28-29-30-31-32-33-34-35-36-37-38-39-40-41-42-43-44-46-47-50-53-56-59-62-68(71)74-65-66(64-73-67(70)61-58-55-52-49-21-18-15-12-9-6-3)75-69(72)63-60-57-54-51-48-45-23-20-17-14-11-8-5-2/h8,11-12,15,17,20,45,48,54,57,66H,4-7,9-10,13-14,16,18-19,21-44,46-47,49-53,55-56,58-65H2,1-3H3/b11-8-,15-12-,20-17-,48-45-,57-54-. The van der Waals surface area contributed by atoms with E-state index < -0.39 is 6.10 Å². The van der Waals surface area contributed by atoms with Gasteiger partial charge in [-0.3, -0.25) is 14.4 Å². The predicted molar refractivity (Wildman–Crippen MR) is 325 cm³/mol. The van der Waals surface area contributed by atoms with Gasteiger partial charge in [-0.15, -0.1) is 0 Å². The molecule has 0 spiro atoms. The lowest BCUT2D eigenvalue weighted by molar-refractivity contribution is -0.166. The highest BCUT2D eigenvalue weighted by Gasteiger charge is 2.19. The fourth-order valence-electron chi connectivity index (χ4n) is 9.64. The first-order valence-electron chi connectivity index (χ1n) is 32.8. The van der Waals surface area contributed by atoms with Gasteiger partial charge in [-0.25, -0.2) is 0 Å². The number of esters is 3. The van der Waals surface area contributed by atoms with E-state index in [9.17, 15) is 14.4 Å². The predicted octanol–water partition coefficient (Wildman–Crippen LogP) is 22.3. The zero-order valence-electron chi connectivity index (χ0n) is 50.1. The molecule has 0 radical (unpaired) electrons. The third-order valence-corrected chi connectivity index (χ3v) is 14.5. The van der Waals surface area contributed by atoms with Crippen molar-refractivity contribution in [2.45, 2.75) is 348 Å². The molecule has 436 valence electrons. The van der Waals surface area contributed by atoms with Crippen LogP contribution in [0, 0.1) is 0 Å². The number of carbonyl (C=O) groups excluding carboxylic acids is 3. The molecule has 0 aromatic rings. The maximum absolute atomic E-state index is 12.8. The second-order valence-electron chi connectivity index (χ2n) is 22.0. The minimum atomic E-state index is -0.813. The molecule has 6 nitrogen and oxygen atoms in total. The third kappa shape index (κ3) is 61.8. The Balaban J connectivity index is 4.00. The molecule has 0 N–H and O–H groups in total. The van der Waals surface area contributed by atoms with Crippen molar-refractivity contribution in [3.63, 3.8) is 0 Å². The Bertz CT molecular complexity index is 1340. The second-order valence-corrected chi connectivity index (χ2v) is 22.0. The lowest BCUT2D eigenvalue weighted by Gasteiger charge is -2.18. The molecule has 1 atom stereocenters. The Morgan fingerprint density at radius 2 is 0.573 bits per heavy atom. The van der Waals surface area contributed by atoms with E-state index in [1.165, 1.54) is 212 Å². The van der Waals surface area contributed by atoms with E-state index in [0.29, 0.717) is 19.3 Å². The second kappa shape index (κ2) is 63.6. The highest BCUT2D eigenvalue weighted by atomic mass is 16.6. The first-order valence-corrected chi connectivity index (χ1v) is 32.8. The average molecular weight is 1050 g/mol. The first kappa shape index (κ1) is 72.1. The fraction of sp³-hybridized carbons (Fsp3) is 0.812. The van der Waals surface area contributed by atoms with Crippen LogP contribution in [0.25, 0.3) is 0 Å². The molecular formula is C69H124O6. The van der Waals surface area contributed by atoms with Crippen molar-refractivity contribution >= 4 is 17.9 Å². The molecule has 0 fully saturated rings. The topological polar surface area (TPSA) is 78.9 Å². The first-order chi connectivity index (χ1) is 37.0. The molecule has 0 aliphatic carbocycles. The van der Waals surface area contributed by atoms with Gasteiger partial charge in [-0.1, -0.05) is 319 Å². The number of carbonyl (C=O) groups is 3. The van der Waals surface area contributed by atoms with E-state index in [4.69, 9.17) is 14.2 Å².